The third-order valence-corrected chi connectivity index (χ3v) is 1.58. The van der Waals surface area contributed by atoms with Crippen molar-refractivity contribution in [2.45, 2.75) is 6.54 Å². The smallest absolute Gasteiger partial charge is 0.411 e. The van der Waals surface area contributed by atoms with E-state index in [0.717, 1.165) is 0 Å². The van der Waals surface area contributed by atoms with E-state index in [2.05, 4.69) is 19.9 Å². The minimum atomic E-state index is -0.590. The van der Waals surface area contributed by atoms with Crippen LogP contribution in [0.4, 0.5) is 10.5 Å². The molecule has 0 spiro atoms. The maximum Gasteiger partial charge on any atom is 0.411 e. The quantitative estimate of drug-likeness (QED) is 0.727. The lowest BCUT2D eigenvalue weighted by Gasteiger charge is -1.99. The number of aromatic nitrogens is 2. The summed E-state index contributed by atoms with van der Waals surface area (Å²) in [5.74, 6) is -0.414. The molecular weight excluding hydrogens is 202 g/mol. The maximum atomic E-state index is 10.9. The first-order valence-corrected chi connectivity index (χ1v) is 4.10. The SMILES string of the molecule is COC(=O)Cn1cc(NC(=O)OC)cn1. The maximum absolute atomic E-state index is 10.9. The molecule has 0 fully saturated rings. The van der Waals surface area contributed by atoms with Crippen LogP contribution in [0.2, 0.25) is 0 Å². The largest absolute Gasteiger partial charge is 0.468 e. The highest BCUT2D eigenvalue weighted by molar-refractivity contribution is 5.84. The number of esters is 1. The Kier molecular flexibility index (Phi) is 3.67. The Morgan fingerprint density at radius 1 is 1.47 bits per heavy atom. The average molecular weight is 213 g/mol. The lowest BCUT2D eigenvalue weighted by Crippen LogP contribution is -2.12. The normalized spacial score (nSPS) is 9.47. The molecule has 0 aliphatic rings. The summed E-state index contributed by atoms with van der Waals surface area (Å²) in [7, 11) is 2.55. The van der Waals surface area contributed by atoms with Crippen LogP contribution in [0.1, 0.15) is 0 Å². The molecule has 0 atom stereocenters. The highest BCUT2D eigenvalue weighted by atomic mass is 16.5. The highest BCUT2D eigenvalue weighted by Crippen LogP contribution is 2.04. The van der Waals surface area contributed by atoms with E-state index in [1.807, 2.05) is 0 Å². The fourth-order valence-electron chi connectivity index (χ4n) is 0.880. The molecule has 1 aromatic rings. The zero-order valence-electron chi connectivity index (χ0n) is 8.39. The second kappa shape index (κ2) is 4.99. The molecule has 0 radical (unpaired) electrons. The first-order chi connectivity index (χ1) is 7.15. The number of nitrogens with zero attached hydrogens (tertiary/aromatic N) is 2. The molecule has 1 amide bonds. The Morgan fingerprint density at radius 3 is 2.80 bits per heavy atom. The number of carbonyl (C=O) groups excluding carboxylic acids is 2. The summed E-state index contributed by atoms with van der Waals surface area (Å²) in [5.41, 5.74) is 0.450. The van der Waals surface area contributed by atoms with Gasteiger partial charge in [0.1, 0.15) is 6.54 Å². The second-order valence-corrected chi connectivity index (χ2v) is 2.62. The van der Waals surface area contributed by atoms with Gasteiger partial charge in [-0.2, -0.15) is 5.10 Å². The van der Waals surface area contributed by atoms with Crippen LogP contribution in [-0.2, 0) is 20.8 Å². The van der Waals surface area contributed by atoms with Gasteiger partial charge in [-0.25, -0.2) is 4.79 Å². The minimum absolute atomic E-state index is 0.000642. The second-order valence-electron chi connectivity index (χ2n) is 2.62. The Morgan fingerprint density at radius 2 is 2.20 bits per heavy atom. The number of rotatable bonds is 3. The standard InChI is InChI=1S/C8H11N3O4/c1-14-7(12)5-11-4-6(3-9-11)10-8(13)15-2/h3-4H,5H2,1-2H3,(H,10,13). The number of amides is 1. The van der Waals surface area contributed by atoms with Crippen LogP contribution in [-0.4, -0.2) is 36.1 Å². The monoisotopic (exact) mass is 213 g/mol. The molecular formula is C8H11N3O4. The van der Waals surface area contributed by atoms with Crippen LogP contribution in [0.5, 0.6) is 0 Å². The molecule has 82 valence electrons. The zero-order valence-corrected chi connectivity index (χ0v) is 8.39. The van der Waals surface area contributed by atoms with E-state index in [4.69, 9.17) is 0 Å². The number of hydrogen-bond acceptors (Lipinski definition) is 5. The van der Waals surface area contributed by atoms with Crippen LogP contribution in [0.15, 0.2) is 12.4 Å². The molecule has 1 N–H and O–H groups in total. The third-order valence-electron chi connectivity index (χ3n) is 1.58. The van der Waals surface area contributed by atoms with Crippen molar-refractivity contribution < 1.29 is 19.1 Å². The first-order valence-electron chi connectivity index (χ1n) is 4.10. The number of hydrogen-bond donors (Lipinski definition) is 1. The molecule has 0 saturated heterocycles. The van der Waals surface area contributed by atoms with Crippen molar-refractivity contribution in [1.29, 1.82) is 0 Å². The molecule has 0 aliphatic heterocycles. The van der Waals surface area contributed by atoms with Gasteiger partial charge in [0.2, 0.25) is 0 Å². The Bertz CT molecular complexity index is 328. The van der Waals surface area contributed by atoms with Gasteiger partial charge in [0.05, 0.1) is 26.1 Å². The van der Waals surface area contributed by atoms with Crippen molar-refractivity contribution in [1.82, 2.24) is 9.78 Å². The number of ether oxygens (including phenoxy) is 2. The van der Waals surface area contributed by atoms with E-state index in [1.165, 1.54) is 31.3 Å². The molecule has 7 heteroatoms. The van der Waals surface area contributed by atoms with Crippen LogP contribution in [0.3, 0.4) is 0 Å². The van der Waals surface area contributed by atoms with Crippen molar-refractivity contribution in [3.63, 3.8) is 0 Å². The number of methoxy groups -OCH3 is 2. The van der Waals surface area contributed by atoms with Gasteiger partial charge < -0.3 is 9.47 Å². The number of carbonyl (C=O) groups is 2. The summed E-state index contributed by atoms with van der Waals surface area (Å²) in [6.07, 6.45) is 2.31. The van der Waals surface area contributed by atoms with Gasteiger partial charge in [-0.15, -0.1) is 0 Å². The van der Waals surface area contributed by atoms with Crippen molar-refractivity contribution in [3.05, 3.63) is 12.4 Å². The van der Waals surface area contributed by atoms with Gasteiger partial charge in [0.15, 0.2) is 0 Å². The number of anilines is 1. The van der Waals surface area contributed by atoms with Crippen LogP contribution in [0, 0.1) is 0 Å². The third kappa shape index (κ3) is 3.29. The summed E-state index contributed by atoms with van der Waals surface area (Å²) in [4.78, 5) is 21.7. The van der Waals surface area contributed by atoms with Gasteiger partial charge in [-0.3, -0.25) is 14.8 Å². The van der Waals surface area contributed by atoms with E-state index in [0.29, 0.717) is 5.69 Å². The van der Waals surface area contributed by atoms with Crippen molar-refractivity contribution in [2.75, 3.05) is 19.5 Å². The summed E-state index contributed by atoms with van der Waals surface area (Å²) in [5, 5.41) is 6.24. The van der Waals surface area contributed by atoms with Gasteiger partial charge in [-0.1, -0.05) is 0 Å². The van der Waals surface area contributed by atoms with E-state index < -0.39 is 12.1 Å². The van der Waals surface area contributed by atoms with Gasteiger partial charge in [0.25, 0.3) is 0 Å². The number of nitrogens with one attached hydrogen (secondary N) is 1. The van der Waals surface area contributed by atoms with Crippen molar-refractivity contribution in [2.24, 2.45) is 0 Å². The van der Waals surface area contributed by atoms with E-state index in [9.17, 15) is 9.59 Å². The van der Waals surface area contributed by atoms with Crippen LogP contribution >= 0.6 is 0 Å². The molecule has 1 aromatic heterocycles. The predicted octanol–water partition coefficient (Wildman–Crippen LogP) is 0.234. The van der Waals surface area contributed by atoms with E-state index in [-0.39, 0.29) is 6.54 Å². The molecule has 1 rings (SSSR count). The van der Waals surface area contributed by atoms with E-state index in [1.54, 1.807) is 0 Å². The van der Waals surface area contributed by atoms with Crippen LogP contribution < -0.4 is 5.32 Å². The molecule has 7 nitrogen and oxygen atoms in total. The summed E-state index contributed by atoms with van der Waals surface area (Å²) in [6, 6.07) is 0. The topological polar surface area (TPSA) is 82.5 Å². The molecule has 0 aliphatic carbocycles. The lowest BCUT2D eigenvalue weighted by molar-refractivity contribution is -0.141. The van der Waals surface area contributed by atoms with Crippen LogP contribution in [0.25, 0.3) is 0 Å². The Labute approximate surface area is 86.0 Å². The van der Waals surface area contributed by atoms with Gasteiger partial charge in [-0.05, 0) is 0 Å². The minimum Gasteiger partial charge on any atom is -0.468 e. The van der Waals surface area contributed by atoms with E-state index >= 15 is 0 Å². The van der Waals surface area contributed by atoms with Gasteiger partial charge >= 0.3 is 12.1 Å². The Balaban J connectivity index is 2.56. The van der Waals surface area contributed by atoms with Crippen molar-refractivity contribution in [3.8, 4) is 0 Å². The molecule has 15 heavy (non-hydrogen) atoms. The van der Waals surface area contributed by atoms with Crippen molar-refractivity contribution >= 4 is 17.7 Å². The molecule has 0 unspecified atom stereocenters. The molecule has 0 bridgehead atoms. The summed E-state index contributed by atoms with van der Waals surface area (Å²) >= 11 is 0. The highest BCUT2D eigenvalue weighted by Gasteiger charge is 2.06. The average Bonchev–Trinajstić information content (AvgIpc) is 2.65. The first kappa shape index (κ1) is 11.0. The molecule has 0 aromatic carbocycles. The zero-order chi connectivity index (χ0) is 11.3. The Hall–Kier alpha value is -2.05. The van der Waals surface area contributed by atoms with Gasteiger partial charge in [0, 0.05) is 6.20 Å². The fraction of sp³-hybridized carbons (Fsp3) is 0.375. The molecule has 1 heterocycles. The predicted molar refractivity (Wildman–Crippen MR) is 50.3 cm³/mol. The fourth-order valence-corrected chi connectivity index (χ4v) is 0.880. The lowest BCUT2D eigenvalue weighted by atomic mass is 10.5. The molecule has 0 saturated carbocycles. The summed E-state index contributed by atoms with van der Waals surface area (Å²) < 4.78 is 10.2. The summed E-state index contributed by atoms with van der Waals surface area (Å²) in [6.45, 7) is -0.000642.